The van der Waals surface area contributed by atoms with Crippen molar-refractivity contribution in [3.8, 4) is 0 Å². The maximum Gasteiger partial charge on any atom is 0.222 e. The summed E-state index contributed by atoms with van der Waals surface area (Å²) in [4.78, 5) is 14.4. The molecule has 1 aliphatic carbocycles. The molecular weight excluding hydrogens is 334 g/mol. The predicted octanol–water partition coefficient (Wildman–Crippen LogP) is 3.74. The van der Waals surface area contributed by atoms with Gasteiger partial charge >= 0.3 is 0 Å². The van der Waals surface area contributed by atoms with Crippen LogP contribution >= 0.6 is 0 Å². The number of carbonyl (C=O) groups excluding carboxylic acids is 1. The highest BCUT2D eigenvalue weighted by Crippen LogP contribution is 2.30. The molecule has 138 valence electrons. The van der Waals surface area contributed by atoms with Crippen LogP contribution in [0.15, 0.2) is 30.3 Å². The summed E-state index contributed by atoms with van der Waals surface area (Å²) in [5.74, 6) is 0.891. The van der Waals surface area contributed by atoms with E-state index in [-0.39, 0.29) is 11.7 Å². The highest BCUT2D eigenvalue weighted by molar-refractivity contribution is 7.91. The Bertz CT molecular complexity index is 665. The molecule has 2 fully saturated rings. The zero-order valence-electron chi connectivity index (χ0n) is 14.9. The van der Waals surface area contributed by atoms with Crippen LogP contribution in [0, 0.1) is 5.92 Å². The van der Waals surface area contributed by atoms with Crippen LogP contribution in [-0.2, 0) is 14.6 Å². The van der Waals surface area contributed by atoms with Crippen molar-refractivity contribution >= 4 is 15.7 Å². The van der Waals surface area contributed by atoms with Crippen molar-refractivity contribution in [3.63, 3.8) is 0 Å². The lowest BCUT2D eigenvalue weighted by atomic mass is 9.86. The Kier molecular flexibility index (Phi) is 6.15. The largest absolute Gasteiger partial charge is 0.342 e. The lowest BCUT2D eigenvalue weighted by Gasteiger charge is -2.24. The molecule has 1 amide bonds. The predicted molar refractivity (Wildman–Crippen MR) is 100.0 cm³/mol. The summed E-state index contributed by atoms with van der Waals surface area (Å²) in [6, 6.07) is 9.41. The first-order chi connectivity index (χ1) is 12.1. The summed E-state index contributed by atoms with van der Waals surface area (Å²) in [5.41, 5.74) is 0.846. The van der Waals surface area contributed by atoms with Gasteiger partial charge in [-0.05, 0) is 24.3 Å². The summed E-state index contributed by atoms with van der Waals surface area (Å²) in [7, 11) is -3.21. The van der Waals surface area contributed by atoms with E-state index < -0.39 is 15.1 Å². The minimum Gasteiger partial charge on any atom is -0.342 e. The van der Waals surface area contributed by atoms with Crippen LogP contribution in [0.4, 0.5) is 0 Å². The van der Waals surface area contributed by atoms with Crippen LogP contribution in [0.2, 0.25) is 0 Å². The van der Waals surface area contributed by atoms with Gasteiger partial charge in [-0.3, -0.25) is 4.79 Å². The Morgan fingerprint density at radius 2 is 1.72 bits per heavy atom. The van der Waals surface area contributed by atoms with Crippen molar-refractivity contribution in [2.45, 2.75) is 56.6 Å². The molecule has 4 nitrogen and oxygen atoms in total. The molecule has 1 unspecified atom stereocenters. The van der Waals surface area contributed by atoms with E-state index in [1.165, 1.54) is 32.1 Å². The molecule has 1 saturated carbocycles. The van der Waals surface area contributed by atoms with Crippen molar-refractivity contribution in [1.29, 1.82) is 0 Å². The third kappa shape index (κ3) is 4.84. The van der Waals surface area contributed by atoms with Gasteiger partial charge in [-0.1, -0.05) is 62.4 Å². The zero-order chi connectivity index (χ0) is 17.7. The smallest absolute Gasteiger partial charge is 0.222 e. The van der Waals surface area contributed by atoms with Gasteiger partial charge in [-0.25, -0.2) is 8.42 Å². The molecule has 0 aromatic heterocycles. The molecule has 3 rings (SSSR count). The summed E-state index contributed by atoms with van der Waals surface area (Å²) in [6.07, 6.45) is 8.44. The first kappa shape index (κ1) is 18.4. The average molecular weight is 364 g/mol. The molecule has 0 radical (unpaired) electrons. The molecule has 0 N–H and O–H groups in total. The second-order valence-corrected chi connectivity index (χ2v) is 9.78. The number of nitrogens with zero attached hydrogens (tertiary/aromatic N) is 1. The number of hydrogen-bond donors (Lipinski definition) is 0. The van der Waals surface area contributed by atoms with E-state index >= 15 is 0 Å². The molecule has 0 spiro atoms. The van der Waals surface area contributed by atoms with E-state index in [4.69, 9.17) is 0 Å². The molecular formula is C20H29NO3S. The van der Waals surface area contributed by atoms with Gasteiger partial charge in [0.25, 0.3) is 0 Å². The van der Waals surface area contributed by atoms with E-state index in [9.17, 15) is 13.2 Å². The highest BCUT2D eigenvalue weighted by Gasteiger charge is 2.32. The van der Waals surface area contributed by atoms with Crippen molar-refractivity contribution in [2.75, 3.05) is 18.8 Å². The number of amides is 1. The third-order valence-electron chi connectivity index (χ3n) is 5.76. The fraction of sp³-hybridized carbons (Fsp3) is 0.650. The van der Waals surface area contributed by atoms with Crippen molar-refractivity contribution in [2.24, 2.45) is 5.92 Å². The molecule has 2 aliphatic rings. The quantitative estimate of drug-likeness (QED) is 0.819. The van der Waals surface area contributed by atoms with Gasteiger partial charge in [0.05, 0.1) is 11.0 Å². The van der Waals surface area contributed by atoms with Gasteiger partial charge in [0.1, 0.15) is 0 Å². The van der Waals surface area contributed by atoms with Gasteiger partial charge in [0.2, 0.25) is 5.91 Å². The number of hydrogen-bond acceptors (Lipinski definition) is 3. The molecule has 0 bridgehead atoms. The fourth-order valence-corrected chi connectivity index (χ4v) is 5.99. The van der Waals surface area contributed by atoms with Crippen LogP contribution in [0.25, 0.3) is 0 Å². The first-order valence-electron chi connectivity index (χ1n) is 9.60. The van der Waals surface area contributed by atoms with Gasteiger partial charge < -0.3 is 4.90 Å². The Balaban J connectivity index is 1.59. The Hall–Kier alpha value is -1.36. The van der Waals surface area contributed by atoms with Crippen LogP contribution in [0.5, 0.6) is 0 Å². The zero-order valence-corrected chi connectivity index (χ0v) is 15.7. The second-order valence-electron chi connectivity index (χ2n) is 7.48. The molecule has 1 saturated heterocycles. The first-order valence-corrected chi connectivity index (χ1v) is 11.3. The summed E-state index contributed by atoms with van der Waals surface area (Å²) in [5, 5.41) is -0.482. The van der Waals surface area contributed by atoms with Gasteiger partial charge in [-0.2, -0.15) is 0 Å². The number of benzene rings is 1. The molecule has 1 aliphatic heterocycles. The number of carbonyl (C=O) groups is 1. The van der Waals surface area contributed by atoms with E-state index in [2.05, 4.69) is 0 Å². The van der Waals surface area contributed by atoms with Crippen LogP contribution in [0.1, 0.15) is 62.2 Å². The normalized spacial score (nSPS) is 24.6. The molecule has 1 heterocycles. The Labute approximate surface area is 151 Å². The molecule has 5 heteroatoms. The van der Waals surface area contributed by atoms with Gasteiger partial charge in [-0.15, -0.1) is 0 Å². The molecule has 1 aromatic rings. The van der Waals surface area contributed by atoms with Crippen molar-refractivity contribution in [3.05, 3.63) is 35.9 Å². The lowest BCUT2D eigenvalue weighted by Crippen LogP contribution is -2.33. The Morgan fingerprint density at radius 1 is 1.00 bits per heavy atom. The van der Waals surface area contributed by atoms with Gasteiger partial charge in [0.15, 0.2) is 9.84 Å². The fourth-order valence-electron chi connectivity index (χ4n) is 4.20. The summed E-state index contributed by atoms with van der Waals surface area (Å²) < 4.78 is 25.3. The van der Waals surface area contributed by atoms with Crippen LogP contribution in [0.3, 0.4) is 0 Å². The van der Waals surface area contributed by atoms with E-state index in [0.717, 1.165) is 12.0 Å². The second kappa shape index (κ2) is 8.35. The van der Waals surface area contributed by atoms with Crippen LogP contribution < -0.4 is 0 Å². The number of sulfone groups is 1. The Morgan fingerprint density at radius 3 is 2.44 bits per heavy atom. The third-order valence-corrected chi connectivity index (χ3v) is 7.88. The maximum atomic E-state index is 12.6. The standard InChI is InChI=1S/C20H29NO3S/c22-20(12-11-17-7-3-1-4-8-17)21-14-13-19(25(23,24)16-15-21)18-9-5-2-6-10-18/h2,5-6,9-10,17,19H,1,3-4,7-8,11-16H2. The highest BCUT2D eigenvalue weighted by atomic mass is 32.2. The topological polar surface area (TPSA) is 54.5 Å². The van der Waals surface area contributed by atoms with E-state index in [1.807, 2.05) is 30.3 Å². The maximum absolute atomic E-state index is 12.6. The lowest BCUT2D eigenvalue weighted by molar-refractivity contribution is -0.131. The minimum atomic E-state index is -3.21. The molecule has 1 aromatic carbocycles. The summed E-state index contributed by atoms with van der Waals surface area (Å²) in [6.45, 7) is 0.886. The van der Waals surface area contributed by atoms with Gasteiger partial charge in [0, 0.05) is 19.5 Å². The average Bonchev–Trinajstić information content (AvgIpc) is 2.79. The molecule has 1 atom stereocenters. The monoisotopic (exact) mass is 363 g/mol. The number of rotatable bonds is 4. The van der Waals surface area contributed by atoms with Crippen molar-refractivity contribution < 1.29 is 13.2 Å². The van der Waals surface area contributed by atoms with Crippen LogP contribution in [-0.4, -0.2) is 38.1 Å². The van der Waals surface area contributed by atoms with Crippen molar-refractivity contribution in [1.82, 2.24) is 4.90 Å². The van der Waals surface area contributed by atoms with E-state index in [1.54, 1.807) is 4.90 Å². The molecule has 25 heavy (non-hydrogen) atoms. The minimum absolute atomic E-state index is 0.0712. The SMILES string of the molecule is O=C(CCC1CCCCC1)N1CCC(c2ccccc2)S(=O)(=O)CC1. The summed E-state index contributed by atoms with van der Waals surface area (Å²) >= 11 is 0. The van der Waals surface area contributed by atoms with E-state index in [0.29, 0.717) is 31.8 Å².